The molecule has 3 N–H and O–H groups in total. The van der Waals surface area contributed by atoms with Gasteiger partial charge in [0.1, 0.15) is 5.60 Å². The first-order valence-electron chi connectivity index (χ1n) is 7.17. The van der Waals surface area contributed by atoms with Gasteiger partial charge in [-0.2, -0.15) is 0 Å². The lowest BCUT2D eigenvalue weighted by Crippen LogP contribution is -2.46. The first kappa shape index (κ1) is 19.0. The van der Waals surface area contributed by atoms with E-state index in [2.05, 4.69) is 5.32 Å². The number of rotatable bonds is 4. The highest BCUT2D eigenvalue weighted by molar-refractivity contribution is 6.32. The van der Waals surface area contributed by atoms with Crippen LogP contribution in [0.3, 0.4) is 0 Å². The Morgan fingerprint density at radius 3 is 2.57 bits per heavy atom. The predicted molar refractivity (Wildman–Crippen MR) is 91.0 cm³/mol. The number of nitrogens with two attached hydrogens (primary N) is 1. The molecular formula is C16H22ClN3O3. The van der Waals surface area contributed by atoms with Gasteiger partial charge in [-0.1, -0.05) is 29.8 Å². The topological polar surface area (TPSA) is 84.7 Å². The second-order valence-corrected chi connectivity index (χ2v) is 6.13. The fourth-order valence-electron chi connectivity index (χ4n) is 1.61. The van der Waals surface area contributed by atoms with Gasteiger partial charge in [-0.25, -0.2) is 14.5 Å². The summed E-state index contributed by atoms with van der Waals surface area (Å²) in [6.07, 6.45) is 2.31. The maximum atomic E-state index is 12.1. The lowest BCUT2D eigenvalue weighted by Gasteiger charge is -2.25. The zero-order valence-electron chi connectivity index (χ0n) is 13.5. The maximum Gasteiger partial charge on any atom is 0.418 e. The smallest absolute Gasteiger partial charge is 0.418 e. The first-order chi connectivity index (χ1) is 10.7. The molecule has 0 aliphatic rings. The third-order valence-corrected chi connectivity index (χ3v) is 2.93. The van der Waals surface area contributed by atoms with E-state index < -0.39 is 17.7 Å². The molecule has 0 aliphatic carbocycles. The Labute approximate surface area is 141 Å². The van der Waals surface area contributed by atoms with Crippen LogP contribution in [0.5, 0.6) is 0 Å². The number of hydrogen-bond acceptors (Lipinski definition) is 4. The molecule has 6 nitrogen and oxygen atoms in total. The van der Waals surface area contributed by atoms with Crippen LogP contribution in [-0.2, 0) is 4.74 Å². The van der Waals surface area contributed by atoms with Crippen LogP contribution in [0, 0.1) is 0 Å². The van der Waals surface area contributed by atoms with E-state index in [1.165, 1.54) is 6.20 Å². The molecule has 1 rings (SSSR count). The van der Waals surface area contributed by atoms with Crippen LogP contribution in [-0.4, -0.2) is 35.7 Å². The molecule has 0 spiro atoms. The summed E-state index contributed by atoms with van der Waals surface area (Å²) in [5.74, 6) is 0. The Morgan fingerprint density at radius 2 is 2.00 bits per heavy atom. The summed E-state index contributed by atoms with van der Waals surface area (Å²) in [6.45, 7) is 5.36. The van der Waals surface area contributed by atoms with Gasteiger partial charge < -0.3 is 15.8 Å². The number of benzene rings is 1. The van der Waals surface area contributed by atoms with Gasteiger partial charge >= 0.3 is 12.1 Å². The molecule has 0 fully saturated rings. The third-order valence-electron chi connectivity index (χ3n) is 2.59. The van der Waals surface area contributed by atoms with Crippen LogP contribution in [0.4, 0.5) is 9.59 Å². The van der Waals surface area contributed by atoms with Crippen molar-refractivity contribution in [3.05, 3.63) is 41.1 Å². The van der Waals surface area contributed by atoms with Crippen LogP contribution in [0.15, 0.2) is 30.5 Å². The molecule has 1 aromatic rings. The van der Waals surface area contributed by atoms with Gasteiger partial charge in [0.25, 0.3) is 0 Å². The molecule has 0 heterocycles. The van der Waals surface area contributed by atoms with Gasteiger partial charge in [0.2, 0.25) is 0 Å². The van der Waals surface area contributed by atoms with E-state index in [0.717, 1.165) is 10.5 Å². The zero-order valence-corrected chi connectivity index (χ0v) is 14.3. The summed E-state index contributed by atoms with van der Waals surface area (Å²) in [5.41, 5.74) is 5.49. The number of hydrogen-bond donors (Lipinski definition) is 2. The largest absolute Gasteiger partial charge is 0.443 e. The molecule has 0 aromatic heterocycles. The number of ether oxygens (including phenoxy) is 1. The van der Waals surface area contributed by atoms with Crippen molar-refractivity contribution in [3.63, 3.8) is 0 Å². The molecule has 7 heteroatoms. The molecule has 0 bridgehead atoms. The number of halogens is 1. The minimum atomic E-state index is -0.744. The van der Waals surface area contributed by atoms with Gasteiger partial charge in [-0.15, -0.1) is 0 Å². The van der Waals surface area contributed by atoms with E-state index in [1.54, 1.807) is 39.0 Å². The Balaban J connectivity index is 2.71. The molecule has 0 radical (unpaired) electrons. The molecular weight excluding hydrogens is 318 g/mol. The number of nitrogens with zero attached hydrogens (tertiary/aromatic N) is 1. The molecule has 23 heavy (non-hydrogen) atoms. The summed E-state index contributed by atoms with van der Waals surface area (Å²) in [5, 5.41) is 3.06. The van der Waals surface area contributed by atoms with Crippen molar-refractivity contribution in [1.82, 2.24) is 10.2 Å². The van der Waals surface area contributed by atoms with Gasteiger partial charge in [0, 0.05) is 24.3 Å². The SMILES string of the molecule is CC(C)(C)OC(=O)N(CCN)C(=O)N/C=C/c1ccccc1Cl. The van der Waals surface area contributed by atoms with Crippen LogP contribution in [0.2, 0.25) is 5.02 Å². The predicted octanol–water partition coefficient (Wildman–Crippen LogP) is 3.22. The minimum absolute atomic E-state index is 0.0562. The van der Waals surface area contributed by atoms with Crippen LogP contribution < -0.4 is 11.1 Å². The molecule has 0 unspecified atom stereocenters. The van der Waals surface area contributed by atoms with Crippen molar-refractivity contribution in [2.45, 2.75) is 26.4 Å². The number of amides is 3. The van der Waals surface area contributed by atoms with Crippen molar-refractivity contribution in [3.8, 4) is 0 Å². The summed E-state index contributed by atoms with van der Waals surface area (Å²) in [4.78, 5) is 25.0. The molecule has 0 saturated carbocycles. The molecule has 1 aromatic carbocycles. The second-order valence-electron chi connectivity index (χ2n) is 5.72. The van der Waals surface area contributed by atoms with Crippen molar-refractivity contribution < 1.29 is 14.3 Å². The maximum absolute atomic E-state index is 12.1. The molecule has 3 amide bonds. The highest BCUT2D eigenvalue weighted by atomic mass is 35.5. The van der Waals surface area contributed by atoms with Crippen LogP contribution in [0.25, 0.3) is 6.08 Å². The minimum Gasteiger partial charge on any atom is -0.443 e. The monoisotopic (exact) mass is 339 g/mol. The fourth-order valence-corrected chi connectivity index (χ4v) is 1.81. The van der Waals surface area contributed by atoms with E-state index in [-0.39, 0.29) is 13.1 Å². The van der Waals surface area contributed by atoms with Crippen LogP contribution in [0.1, 0.15) is 26.3 Å². The van der Waals surface area contributed by atoms with Gasteiger partial charge in [-0.05, 0) is 38.5 Å². The lowest BCUT2D eigenvalue weighted by molar-refractivity contribution is 0.0328. The van der Waals surface area contributed by atoms with Crippen molar-refractivity contribution in [2.75, 3.05) is 13.1 Å². The first-order valence-corrected chi connectivity index (χ1v) is 7.54. The lowest BCUT2D eigenvalue weighted by atomic mass is 10.2. The average molecular weight is 340 g/mol. The standard InChI is InChI=1S/C16H22ClN3O3/c1-16(2,3)23-15(22)20(11-9-18)14(21)19-10-8-12-6-4-5-7-13(12)17/h4-8,10H,9,11,18H2,1-3H3,(H,19,21)/b10-8+. The Kier molecular flexibility index (Phi) is 7.06. The number of carbonyl (C=O) groups is 2. The Morgan fingerprint density at radius 1 is 1.35 bits per heavy atom. The fraction of sp³-hybridized carbons (Fsp3) is 0.375. The highest BCUT2D eigenvalue weighted by Crippen LogP contribution is 2.16. The normalized spacial score (nSPS) is 11.3. The van der Waals surface area contributed by atoms with E-state index in [1.807, 2.05) is 12.1 Å². The van der Waals surface area contributed by atoms with Crippen molar-refractivity contribution in [2.24, 2.45) is 5.73 Å². The van der Waals surface area contributed by atoms with Gasteiger partial charge in [0.15, 0.2) is 0 Å². The number of imide groups is 1. The molecule has 0 saturated heterocycles. The van der Waals surface area contributed by atoms with Gasteiger partial charge in [0.05, 0.1) is 0 Å². The Bertz CT molecular complexity index is 582. The van der Waals surface area contributed by atoms with Crippen molar-refractivity contribution in [1.29, 1.82) is 0 Å². The summed E-state index contributed by atoms with van der Waals surface area (Å²) >= 11 is 6.01. The van der Waals surface area contributed by atoms with Crippen molar-refractivity contribution >= 4 is 29.8 Å². The third kappa shape index (κ3) is 6.71. The summed E-state index contributed by atoms with van der Waals surface area (Å²) in [7, 11) is 0. The van der Waals surface area contributed by atoms with Crippen LogP contribution >= 0.6 is 11.6 Å². The Hall–Kier alpha value is -2.05. The molecule has 0 aliphatic heterocycles. The molecule has 0 atom stereocenters. The number of urea groups is 1. The second kappa shape index (κ2) is 8.55. The van der Waals surface area contributed by atoms with E-state index in [0.29, 0.717) is 5.02 Å². The molecule has 126 valence electrons. The van der Waals surface area contributed by atoms with Gasteiger partial charge in [-0.3, -0.25) is 0 Å². The summed E-state index contributed by atoms with van der Waals surface area (Å²) < 4.78 is 5.18. The zero-order chi connectivity index (χ0) is 17.5. The quantitative estimate of drug-likeness (QED) is 0.882. The number of carbonyl (C=O) groups excluding carboxylic acids is 2. The number of nitrogens with one attached hydrogen (secondary N) is 1. The average Bonchev–Trinajstić information content (AvgIpc) is 2.44. The van der Waals surface area contributed by atoms with E-state index in [4.69, 9.17) is 22.1 Å². The van der Waals surface area contributed by atoms with E-state index >= 15 is 0 Å². The highest BCUT2D eigenvalue weighted by Gasteiger charge is 2.26. The van der Waals surface area contributed by atoms with E-state index in [9.17, 15) is 9.59 Å². The summed E-state index contributed by atoms with van der Waals surface area (Å²) in [6, 6.07) is 6.56.